The van der Waals surface area contributed by atoms with Gasteiger partial charge in [-0.2, -0.15) is 0 Å². The molecule has 3 amide bonds. The molecule has 2 aromatic rings. The van der Waals surface area contributed by atoms with Gasteiger partial charge >= 0.3 is 12.4 Å². The van der Waals surface area contributed by atoms with E-state index in [1.54, 1.807) is 37.3 Å². The molecule has 1 fully saturated rings. The van der Waals surface area contributed by atoms with E-state index < -0.39 is 23.8 Å². The van der Waals surface area contributed by atoms with E-state index in [1.165, 1.54) is 12.1 Å². The second-order valence-corrected chi connectivity index (χ2v) is 6.00. The first-order valence-corrected chi connectivity index (χ1v) is 7.73. The molecule has 0 bridgehead atoms. The smallest absolute Gasteiger partial charge is 0.406 e. The standard InChI is InChI=1S/C18H15F3N2O3/c1-17(13-5-3-2-4-6-13)15(24)23(16(25)22-17)11-12-7-9-14(10-8-12)26-18(19,20)21/h2-10H,11H2,1H3,(H,22,25)/t17-/m0/s1. The van der Waals surface area contributed by atoms with E-state index in [-0.39, 0.29) is 12.3 Å². The van der Waals surface area contributed by atoms with Crippen LogP contribution in [0.3, 0.4) is 0 Å². The number of urea groups is 1. The maximum atomic E-state index is 12.8. The van der Waals surface area contributed by atoms with Gasteiger partial charge in [-0.3, -0.25) is 9.69 Å². The molecule has 0 spiro atoms. The molecule has 1 saturated heterocycles. The third kappa shape index (κ3) is 3.49. The number of hydrogen-bond donors (Lipinski definition) is 1. The zero-order chi connectivity index (χ0) is 18.9. The Bertz CT molecular complexity index is 822. The summed E-state index contributed by atoms with van der Waals surface area (Å²) >= 11 is 0. The third-order valence-electron chi connectivity index (χ3n) is 4.12. The van der Waals surface area contributed by atoms with E-state index in [9.17, 15) is 22.8 Å². The molecule has 3 rings (SSSR count). The number of amides is 3. The predicted molar refractivity (Wildman–Crippen MR) is 86.0 cm³/mol. The highest BCUT2D eigenvalue weighted by molar-refractivity contribution is 6.07. The number of carbonyl (C=O) groups is 2. The van der Waals surface area contributed by atoms with Crippen molar-refractivity contribution in [2.75, 3.05) is 0 Å². The summed E-state index contributed by atoms with van der Waals surface area (Å²) in [5.74, 6) is -0.795. The average Bonchev–Trinajstić information content (AvgIpc) is 2.80. The van der Waals surface area contributed by atoms with Crippen molar-refractivity contribution in [3.8, 4) is 5.75 Å². The quantitative estimate of drug-likeness (QED) is 0.844. The van der Waals surface area contributed by atoms with Gasteiger partial charge < -0.3 is 10.1 Å². The van der Waals surface area contributed by atoms with Crippen LogP contribution >= 0.6 is 0 Å². The highest BCUT2D eigenvalue weighted by Gasteiger charge is 2.48. The molecule has 0 aromatic heterocycles. The van der Waals surface area contributed by atoms with Gasteiger partial charge in [0.05, 0.1) is 6.54 Å². The molecule has 26 heavy (non-hydrogen) atoms. The minimum Gasteiger partial charge on any atom is -0.406 e. The topological polar surface area (TPSA) is 58.6 Å². The van der Waals surface area contributed by atoms with E-state index in [1.807, 2.05) is 0 Å². The summed E-state index contributed by atoms with van der Waals surface area (Å²) in [5.41, 5.74) is -0.0346. The van der Waals surface area contributed by atoms with Crippen LogP contribution in [-0.4, -0.2) is 23.2 Å². The van der Waals surface area contributed by atoms with Crippen LogP contribution in [-0.2, 0) is 16.9 Å². The Labute approximate surface area is 147 Å². The molecule has 0 saturated carbocycles. The summed E-state index contributed by atoms with van der Waals surface area (Å²) in [7, 11) is 0. The lowest BCUT2D eigenvalue weighted by Gasteiger charge is -2.22. The largest absolute Gasteiger partial charge is 0.573 e. The molecule has 136 valence electrons. The van der Waals surface area contributed by atoms with Gasteiger partial charge in [0.1, 0.15) is 11.3 Å². The van der Waals surface area contributed by atoms with Gasteiger partial charge in [-0.05, 0) is 30.2 Å². The number of carbonyl (C=O) groups excluding carboxylic acids is 2. The summed E-state index contributed by atoms with van der Waals surface area (Å²) in [6.45, 7) is 1.56. The average molecular weight is 364 g/mol. The molecule has 1 heterocycles. The number of alkyl halides is 3. The Morgan fingerprint density at radius 3 is 2.23 bits per heavy atom. The number of halogens is 3. The van der Waals surface area contributed by atoms with Crippen LogP contribution in [0.2, 0.25) is 0 Å². The number of ether oxygens (including phenoxy) is 1. The van der Waals surface area contributed by atoms with Crippen molar-refractivity contribution in [3.05, 3.63) is 65.7 Å². The van der Waals surface area contributed by atoms with Crippen molar-refractivity contribution in [1.82, 2.24) is 10.2 Å². The number of hydrogen-bond acceptors (Lipinski definition) is 3. The molecular weight excluding hydrogens is 349 g/mol. The Morgan fingerprint density at radius 1 is 1.04 bits per heavy atom. The molecule has 1 atom stereocenters. The molecule has 8 heteroatoms. The number of imide groups is 1. The van der Waals surface area contributed by atoms with Crippen LogP contribution in [0.5, 0.6) is 5.75 Å². The first-order valence-electron chi connectivity index (χ1n) is 7.73. The van der Waals surface area contributed by atoms with Gasteiger partial charge in [0.15, 0.2) is 0 Å². The molecule has 0 radical (unpaired) electrons. The number of rotatable bonds is 4. The van der Waals surface area contributed by atoms with E-state index in [0.29, 0.717) is 11.1 Å². The SMILES string of the molecule is C[C@@]1(c2ccccc2)NC(=O)N(Cc2ccc(OC(F)(F)F)cc2)C1=O. The van der Waals surface area contributed by atoms with Crippen molar-refractivity contribution in [3.63, 3.8) is 0 Å². The highest BCUT2D eigenvalue weighted by atomic mass is 19.4. The van der Waals surface area contributed by atoms with E-state index >= 15 is 0 Å². The molecule has 0 aliphatic carbocycles. The highest BCUT2D eigenvalue weighted by Crippen LogP contribution is 2.30. The normalized spacial score (nSPS) is 20.2. The van der Waals surface area contributed by atoms with Crippen LogP contribution in [0.25, 0.3) is 0 Å². The number of nitrogens with one attached hydrogen (secondary N) is 1. The first-order chi connectivity index (χ1) is 12.2. The van der Waals surface area contributed by atoms with Gasteiger partial charge in [-0.25, -0.2) is 4.79 Å². The second kappa shape index (κ2) is 6.36. The zero-order valence-electron chi connectivity index (χ0n) is 13.7. The molecule has 1 aliphatic heterocycles. The van der Waals surface area contributed by atoms with Crippen LogP contribution in [0.4, 0.5) is 18.0 Å². The maximum absolute atomic E-state index is 12.8. The fourth-order valence-electron chi connectivity index (χ4n) is 2.79. The van der Waals surface area contributed by atoms with Crippen molar-refractivity contribution in [2.45, 2.75) is 25.4 Å². The summed E-state index contributed by atoms with van der Waals surface area (Å²) in [5, 5.41) is 2.67. The van der Waals surface area contributed by atoms with Gasteiger partial charge in [-0.15, -0.1) is 13.2 Å². The molecule has 5 nitrogen and oxygen atoms in total. The fraction of sp³-hybridized carbons (Fsp3) is 0.222. The van der Waals surface area contributed by atoms with Gasteiger partial charge in [-0.1, -0.05) is 42.5 Å². The van der Waals surface area contributed by atoms with Crippen molar-refractivity contribution < 1.29 is 27.5 Å². The number of benzene rings is 2. The van der Waals surface area contributed by atoms with E-state index in [2.05, 4.69) is 10.1 Å². The van der Waals surface area contributed by atoms with Gasteiger partial charge in [0, 0.05) is 0 Å². The van der Waals surface area contributed by atoms with Crippen molar-refractivity contribution in [2.24, 2.45) is 0 Å². The first kappa shape index (κ1) is 17.8. The van der Waals surface area contributed by atoms with Crippen LogP contribution in [0, 0.1) is 0 Å². The molecule has 1 N–H and O–H groups in total. The van der Waals surface area contributed by atoms with E-state index in [4.69, 9.17) is 0 Å². The molecule has 2 aromatic carbocycles. The van der Waals surface area contributed by atoms with Crippen molar-refractivity contribution in [1.29, 1.82) is 0 Å². The predicted octanol–water partition coefficient (Wildman–Crippen LogP) is 3.55. The summed E-state index contributed by atoms with van der Waals surface area (Å²) < 4.78 is 40.4. The summed E-state index contributed by atoms with van der Waals surface area (Å²) in [6, 6.07) is 13.3. The minimum atomic E-state index is -4.77. The summed E-state index contributed by atoms with van der Waals surface area (Å²) in [4.78, 5) is 26.1. The van der Waals surface area contributed by atoms with Gasteiger partial charge in [0.2, 0.25) is 0 Å². The number of nitrogens with zero attached hydrogens (tertiary/aromatic N) is 1. The minimum absolute atomic E-state index is 0.0562. The van der Waals surface area contributed by atoms with Crippen LogP contribution in [0.15, 0.2) is 54.6 Å². The van der Waals surface area contributed by atoms with Crippen molar-refractivity contribution >= 4 is 11.9 Å². The Hall–Kier alpha value is -3.03. The lowest BCUT2D eigenvalue weighted by molar-refractivity contribution is -0.274. The maximum Gasteiger partial charge on any atom is 0.573 e. The summed E-state index contributed by atoms with van der Waals surface area (Å²) in [6.07, 6.45) is -4.77. The molecule has 0 unspecified atom stereocenters. The van der Waals surface area contributed by atoms with Crippen LogP contribution < -0.4 is 10.1 Å². The zero-order valence-corrected chi connectivity index (χ0v) is 13.7. The van der Waals surface area contributed by atoms with Crippen LogP contribution in [0.1, 0.15) is 18.1 Å². The Balaban J connectivity index is 1.76. The monoisotopic (exact) mass is 364 g/mol. The lowest BCUT2D eigenvalue weighted by Crippen LogP contribution is -2.40. The van der Waals surface area contributed by atoms with Gasteiger partial charge in [0.25, 0.3) is 5.91 Å². The fourth-order valence-corrected chi connectivity index (χ4v) is 2.79. The van der Waals surface area contributed by atoms with E-state index in [0.717, 1.165) is 17.0 Å². The second-order valence-electron chi connectivity index (χ2n) is 6.00. The molecular formula is C18H15F3N2O3. The third-order valence-corrected chi connectivity index (χ3v) is 4.12. The lowest BCUT2D eigenvalue weighted by atomic mass is 9.92. The Kier molecular flexibility index (Phi) is 4.35. The molecule has 1 aliphatic rings. The Morgan fingerprint density at radius 2 is 1.65 bits per heavy atom.